The van der Waals surface area contributed by atoms with Crippen LogP contribution in [0.25, 0.3) is 0 Å². The highest BCUT2D eigenvalue weighted by atomic mass is 16.2. The molecule has 2 rings (SSSR count). The van der Waals surface area contributed by atoms with Crippen molar-refractivity contribution in [3.8, 4) is 0 Å². The van der Waals surface area contributed by atoms with Crippen LogP contribution in [0.3, 0.4) is 0 Å². The van der Waals surface area contributed by atoms with Crippen LogP contribution >= 0.6 is 0 Å². The number of carbonyl (C=O) groups excluding carboxylic acids is 1. The monoisotopic (exact) mass is 255 g/mol. The molecular weight excluding hydrogens is 238 g/mol. The summed E-state index contributed by atoms with van der Waals surface area (Å²) in [5, 5.41) is 8.66. The van der Waals surface area contributed by atoms with E-state index in [1.807, 2.05) is 61.6 Å². The summed E-state index contributed by atoms with van der Waals surface area (Å²) in [6, 6.07) is 16.9. The molecule has 0 heterocycles. The van der Waals surface area contributed by atoms with Gasteiger partial charge in [0.15, 0.2) is 0 Å². The van der Waals surface area contributed by atoms with Gasteiger partial charge >= 0.3 is 6.03 Å². The van der Waals surface area contributed by atoms with E-state index in [0.717, 1.165) is 23.5 Å². The molecule has 0 aliphatic carbocycles. The molecule has 4 nitrogen and oxygen atoms in total. The smallest absolute Gasteiger partial charge is 0.316 e. The SMILES string of the molecule is CNCc1cccc(NC(=O)Nc2ccccc2)c1. The van der Waals surface area contributed by atoms with Gasteiger partial charge in [0.25, 0.3) is 0 Å². The van der Waals surface area contributed by atoms with Gasteiger partial charge in [-0.3, -0.25) is 0 Å². The van der Waals surface area contributed by atoms with Crippen LogP contribution < -0.4 is 16.0 Å². The van der Waals surface area contributed by atoms with E-state index in [2.05, 4.69) is 16.0 Å². The highest BCUT2D eigenvalue weighted by Crippen LogP contribution is 2.11. The second-order valence-electron chi connectivity index (χ2n) is 4.18. The molecule has 2 aromatic carbocycles. The Balaban J connectivity index is 1.97. The predicted molar refractivity (Wildman–Crippen MR) is 78.3 cm³/mol. The van der Waals surface area contributed by atoms with Crippen LogP contribution in [-0.2, 0) is 6.54 Å². The molecule has 0 saturated heterocycles. The summed E-state index contributed by atoms with van der Waals surface area (Å²) in [5.74, 6) is 0. The van der Waals surface area contributed by atoms with E-state index >= 15 is 0 Å². The molecular formula is C15H17N3O. The second-order valence-corrected chi connectivity index (χ2v) is 4.18. The Hall–Kier alpha value is -2.33. The number of benzene rings is 2. The van der Waals surface area contributed by atoms with Crippen LogP contribution in [0.1, 0.15) is 5.56 Å². The summed E-state index contributed by atoms with van der Waals surface area (Å²) in [6.07, 6.45) is 0. The fraction of sp³-hybridized carbons (Fsp3) is 0.133. The minimum Gasteiger partial charge on any atom is -0.316 e. The molecule has 0 fully saturated rings. The number of carbonyl (C=O) groups is 1. The van der Waals surface area contributed by atoms with Gasteiger partial charge < -0.3 is 16.0 Å². The summed E-state index contributed by atoms with van der Waals surface area (Å²) in [5.41, 5.74) is 2.67. The number of urea groups is 1. The molecule has 2 amide bonds. The molecule has 98 valence electrons. The van der Waals surface area contributed by atoms with Gasteiger partial charge in [0, 0.05) is 17.9 Å². The van der Waals surface area contributed by atoms with Crippen LogP contribution in [0.4, 0.5) is 16.2 Å². The Labute approximate surface area is 112 Å². The Kier molecular flexibility index (Phi) is 4.53. The lowest BCUT2D eigenvalue weighted by molar-refractivity contribution is 0.262. The van der Waals surface area contributed by atoms with Crippen LogP contribution in [0.5, 0.6) is 0 Å². The van der Waals surface area contributed by atoms with E-state index in [4.69, 9.17) is 0 Å². The number of hydrogen-bond acceptors (Lipinski definition) is 2. The van der Waals surface area contributed by atoms with Gasteiger partial charge in [0.1, 0.15) is 0 Å². The van der Waals surface area contributed by atoms with Crippen molar-refractivity contribution in [1.29, 1.82) is 0 Å². The molecule has 0 radical (unpaired) electrons. The minimum atomic E-state index is -0.243. The average Bonchev–Trinajstić information content (AvgIpc) is 2.40. The van der Waals surface area contributed by atoms with Crippen molar-refractivity contribution >= 4 is 17.4 Å². The van der Waals surface area contributed by atoms with E-state index in [9.17, 15) is 4.79 Å². The molecule has 2 aromatic rings. The molecule has 0 saturated carbocycles. The topological polar surface area (TPSA) is 53.2 Å². The molecule has 0 aliphatic rings. The molecule has 0 atom stereocenters. The first-order valence-electron chi connectivity index (χ1n) is 6.14. The van der Waals surface area contributed by atoms with Crippen LogP contribution in [-0.4, -0.2) is 13.1 Å². The molecule has 0 aromatic heterocycles. The Morgan fingerprint density at radius 1 is 0.947 bits per heavy atom. The molecule has 0 spiro atoms. The molecule has 0 bridgehead atoms. The van der Waals surface area contributed by atoms with Gasteiger partial charge in [0.05, 0.1) is 0 Å². The van der Waals surface area contributed by atoms with E-state index in [-0.39, 0.29) is 6.03 Å². The lowest BCUT2D eigenvalue weighted by Gasteiger charge is -2.09. The molecule has 3 N–H and O–H groups in total. The normalized spacial score (nSPS) is 9.95. The number of rotatable bonds is 4. The van der Waals surface area contributed by atoms with Crippen molar-refractivity contribution in [3.05, 3.63) is 60.2 Å². The Morgan fingerprint density at radius 2 is 1.63 bits per heavy atom. The van der Waals surface area contributed by atoms with Gasteiger partial charge in [0.2, 0.25) is 0 Å². The maximum absolute atomic E-state index is 11.8. The largest absolute Gasteiger partial charge is 0.323 e. The highest BCUT2D eigenvalue weighted by molar-refractivity contribution is 5.99. The molecule has 0 unspecified atom stereocenters. The first kappa shape index (κ1) is 13.1. The predicted octanol–water partition coefficient (Wildman–Crippen LogP) is 3.05. The number of anilines is 2. The van der Waals surface area contributed by atoms with Crippen LogP contribution in [0.2, 0.25) is 0 Å². The van der Waals surface area contributed by atoms with Gasteiger partial charge in [-0.1, -0.05) is 30.3 Å². The average molecular weight is 255 g/mol. The third-order valence-corrected chi connectivity index (χ3v) is 2.60. The van der Waals surface area contributed by atoms with E-state index in [1.54, 1.807) is 0 Å². The lowest BCUT2D eigenvalue weighted by atomic mass is 10.2. The highest BCUT2D eigenvalue weighted by Gasteiger charge is 2.02. The van der Waals surface area contributed by atoms with Gasteiger partial charge in [-0.25, -0.2) is 4.79 Å². The zero-order chi connectivity index (χ0) is 13.5. The summed E-state index contributed by atoms with van der Waals surface area (Å²) >= 11 is 0. The fourth-order valence-electron chi connectivity index (χ4n) is 1.78. The summed E-state index contributed by atoms with van der Waals surface area (Å²) < 4.78 is 0. The van der Waals surface area contributed by atoms with Crippen LogP contribution in [0, 0.1) is 0 Å². The van der Waals surface area contributed by atoms with Crippen LogP contribution in [0.15, 0.2) is 54.6 Å². The van der Waals surface area contributed by atoms with Crippen molar-refractivity contribution < 1.29 is 4.79 Å². The van der Waals surface area contributed by atoms with Crippen molar-refractivity contribution in [3.63, 3.8) is 0 Å². The Bertz CT molecular complexity index is 540. The summed E-state index contributed by atoms with van der Waals surface area (Å²) in [6.45, 7) is 0.774. The van der Waals surface area contributed by atoms with E-state index < -0.39 is 0 Å². The first-order chi connectivity index (χ1) is 9.28. The number of hydrogen-bond donors (Lipinski definition) is 3. The minimum absolute atomic E-state index is 0.243. The van der Waals surface area contributed by atoms with E-state index in [1.165, 1.54) is 0 Å². The van der Waals surface area contributed by atoms with Crippen molar-refractivity contribution in [2.24, 2.45) is 0 Å². The Morgan fingerprint density at radius 3 is 2.37 bits per heavy atom. The number of nitrogens with one attached hydrogen (secondary N) is 3. The van der Waals surface area contributed by atoms with Crippen molar-refractivity contribution in [1.82, 2.24) is 5.32 Å². The lowest BCUT2D eigenvalue weighted by Crippen LogP contribution is -2.19. The summed E-state index contributed by atoms with van der Waals surface area (Å²) in [7, 11) is 1.89. The standard InChI is InChI=1S/C15H17N3O/c1-16-11-12-6-5-9-14(10-12)18-15(19)17-13-7-3-2-4-8-13/h2-10,16H,11H2,1H3,(H2,17,18,19). The third-order valence-electron chi connectivity index (χ3n) is 2.60. The molecule has 19 heavy (non-hydrogen) atoms. The van der Waals surface area contributed by atoms with Gasteiger partial charge in [-0.15, -0.1) is 0 Å². The fourth-order valence-corrected chi connectivity index (χ4v) is 1.78. The van der Waals surface area contributed by atoms with Crippen molar-refractivity contribution in [2.75, 3.05) is 17.7 Å². The second kappa shape index (κ2) is 6.56. The molecule has 0 aliphatic heterocycles. The maximum atomic E-state index is 11.8. The van der Waals surface area contributed by atoms with Gasteiger partial charge in [-0.05, 0) is 36.9 Å². The first-order valence-corrected chi connectivity index (χ1v) is 6.14. The molecule has 4 heteroatoms. The third kappa shape index (κ3) is 4.12. The van der Waals surface area contributed by atoms with Gasteiger partial charge in [-0.2, -0.15) is 0 Å². The zero-order valence-corrected chi connectivity index (χ0v) is 10.8. The quantitative estimate of drug-likeness (QED) is 0.786. The van der Waals surface area contributed by atoms with Crippen molar-refractivity contribution in [2.45, 2.75) is 6.54 Å². The number of para-hydroxylation sites is 1. The van der Waals surface area contributed by atoms with E-state index in [0.29, 0.717) is 0 Å². The maximum Gasteiger partial charge on any atom is 0.323 e. The zero-order valence-electron chi connectivity index (χ0n) is 10.8. The summed E-state index contributed by atoms with van der Waals surface area (Å²) in [4.78, 5) is 11.8. The number of amides is 2.